The molecule has 0 aliphatic carbocycles. The zero-order valence-corrected chi connectivity index (χ0v) is 10.9. The second kappa shape index (κ2) is 3.52. The van der Waals surface area contributed by atoms with Gasteiger partial charge in [-0.15, -0.1) is 0 Å². The third-order valence-corrected chi connectivity index (χ3v) is 3.45. The molecule has 0 radical (unpaired) electrons. The summed E-state index contributed by atoms with van der Waals surface area (Å²) >= 11 is 0. The van der Waals surface area contributed by atoms with Gasteiger partial charge in [0.1, 0.15) is 5.75 Å². The second-order valence-corrected chi connectivity index (χ2v) is 5.87. The minimum Gasteiger partial charge on any atom is -0.508 e. The molecule has 92 valence electrons. The SMILES string of the molecule is CC(C)(C)c1ccc2c(c1)[nH]c1cc(O)ccc12. The van der Waals surface area contributed by atoms with Crippen LogP contribution in [0.25, 0.3) is 21.8 Å². The molecule has 2 N–H and O–H groups in total. The van der Waals surface area contributed by atoms with Gasteiger partial charge in [-0.25, -0.2) is 0 Å². The Morgan fingerprint density at radius 3 is 2.17 bits per heavy atom. The summed E-state index contributed by atoms with van der Waals surface area (Å²) in [6, 6.07) is 12.0. The van der Waals surface area contributed by atoms with Crippen LogP contribution in [0.4, 0.5) is 0 Å². The Balaban J connectivity index is 2.33. The molecule has 3 aromatic rings. The Bertz CT molecular complexity index is 732. The highest BCUT2D eigenvalue weighted by atomic mass is 16.3. The average molecular weight is 239 g/mol. The minimum atomic E-state index is 0.146. The Kier molecular flexibility index (Phi) is 2.18. The number of hydrogen-bond donors (Lipinski definition) is 2. The maximum Gasteiger partial charge on any atom is 0.117 e. The normalized spacial score (nSPS) is 12.4. The first-order valence-electron chi connectivity index (χ1n) is 6.20. The fourth-order valence-corrected chi connectivity index (χ4v) is 2.36. The van der Waals surface area contributed by atoms with Crippen LogP contribution < -0.4 is 0 Å². The number of nitrogens with one attached hydrogen (secondary N) is 1. The van der Waals surface area contributed by atoms with E-state index in [1.807, 2.05) is 6.07 Å². The summed E-state index contributed by atoms with van der Waals surface area (Å²) < 4.78 is 0. The number of aromatic nitrogens is 1. The van der Waals surface area contributed by atoms with E-state index in [2.05, 4.69) is 44.0 Å². The lowest BCUT2D eigenvalue weighted by Gasteiger charge is -2.18. The molecule has 3 rings (SSSR count). The van der Waals surface area contributed by atoms with Gasteiger partial charge in [0, 0.05) is 22.4 Å². The van der Waals surface area contributed by atoms with Crippen molar-refractivity contribution >= 4 is 21.8 Å². The molecule has 18 heavy (non-hydrogen) atoms. The molecule has 0 fully saturated rings. The Labute approximate surface area is 106 Å². The molecule has 0 aliphatic rings. The maximum atomic E-state index is 9.52. The molecule has 0 aliphatic heterocycles. The highest BCUT2D eigenvalue weighted by molar-refractivity contribution is 6.07. The number of rotatable bonds is 0. The predicted molar refractivity (Wildman–Crippen MR) is 76.2 cm³/mol. The lowest BCUT2D eigenvalue weighted by molar-refractivity contribution is 0.476. The standard InChI is InChI=1S/C16H17NO/c1-16(2,3)10-4-6-12-13-7-5-11(18)9-15(13)17-14(12)8-10/h4-9,17-18H,1-3H3. The largest absolute Gasteiger partial charge is 0.508 e. The molecular weight excluding hydrogens is 222 g/mol. The zero-order valence-electron chi connectivity index (χ0n) is 10.9. The molecule has 1 aromatic heterocycles. The fourth-order valence-electron chi connectivity index (χ4n) is 2.36. The second-order valence-electron chi connectivity index (χ2n) is 5.87. The summed E-state index contributed by atoms with van der Waals surface area (Å²) in [5.41, 5.74) is 3.57. The highest BCUT2D eigenvalue weighted by Crippen LogP contribution is 2.31. The minimum absolute atomic E-state index is 0.146. The molecule has 1 heterocycles. The summed E-state index contributed by atoms with van der Waals surface area (Å²) in [6.45, 7) is 6.63. The Hall–Kier alpha value is -1.96. The van der Waals surface area contributed by atoms with E-state index in [0.29, 0.717) is 5.75 Å². The highest BCUT2D eigenvalue weighted by Gasteiger charge is 2.15. The van der Waals surface area contributed by atoms with Gasteiger partial charge in [0.25, 0.3) is 0 Å². The average Bonchev–Trinajstić information content (AvgIpc) is 2.63. The van der Waals surface area contributed by atoms with Crippen molar-refractivity contribution < 1.29 is 5.11 Å². The third-order valence-electron chi connectivity index (χ3n) is 3.45. The number of H-pyrrole nitrogens is 1. The van der Waals surface area contributed by atoms with Crippen molar-refractivity contribution in [2.24, 2.45) is 0 Å². The van der Waals surface area contributed by atoms with E-state index < -0.39 is 0 Å². The maximum absolute atomic E-state index is 9.52. The Morgan fingerprint density at radius 2 is 1.50 bits per heavy atom. The van der Waals surface area contributed by atoms with Gasteiger partial charge in [0.05, 0.1) is 5.52 Å². The summed E-state index contributed by atoms with van der Waals surface area (Å²) in [5.74, 6) is 0.296. The van der Waals surface area contributed by atoms with Gasteiger partial charge in [-0.1, -0.05) is 32.9 Å². The van der Waals surface area contributed by atoms with Gasteiger partial charge in [0.2, 0.25) is 0 Å². The van der Waals surface area contributed by atoms with Gasteiger partial charge >= 0.3 is 0 Å². The van der Waals surface area contributed by atoms with E-state index in [0.717, 1.165) is 16.4 Å². The van der Waals surface area contributed by atoms with Crippen molar-refractivity contribution in [3.63, 3.8) is 0 Å². The number of phenolic OH excluding ortho intramolecular Hbond substituents is 1. The summed E-state index contributed by atoms with van der Waals surface area (Å²) in [6.07, 6.45) is 0. The van der Waals surface area contributed by atoms with Gasteiger partial charge in [-0.3, -0.25) is 0 Å². The van der Waals surface area contributed by atoms with Gasteiger partial charge in [-0.05, 0) is 29.2 Å². The number of phenols is 1. The van der Waals surface area contributed by atoms with Crippen molar-refractivity contribution in [1.82, 2.24) is 4.98 Å². The number of fused-ring (bicyclic) bond motifs is 3. The van der Waals surface area contributed by atoms with Gasteiger partial charge in [-0.2, -0.15) is 0 Å². The summed E-state index contributed by atoms with van der Waals surface area (Å²) in [7, 11) is 0. The van der Waals surface area contributed by atoms with E-state index in [9.17, 15) is 5.11 Å². The first-order valence-corrected chi connectivity index (χ1v) is 6.20. The molecule has 0 unspecified atom stereocenters. The molecular formula is C16H17NO. The van der Waals surface area contributed by atoms with E-state index in [1.54, 1.807) is 12.1 Å². The van der Waals surface area contributed by atoms with Crippen LogP contribution >= 0.6 is 0 Å². The number of aromatic amines is 1. The number of benzene rings is 2. The monoisotopic (exact) mass is 239 g/mol. The fraction of sp³-hybridized carbons (Fsp3) is 0.250. The van der Waals surface area contributed by atoms with Crippen molar-refractivity contribution in [3.05, 3.63) is 42.0 Å². The molecule has 0 saturated heterocycles. The van der Waals surface area contributed by atoms with Crippen LogP contribution in [-0.4, -0.2) is 10.1 Å². The molecule has 2 aromatic carbocycles. The first-order chi connectivity index (χ1) is 8.45. The molecule has 2 heteroatoms. The van der Waals surface area contributed by atoms with Gasteiger partial charge in [0.15, 0.2) is 0 Å². The predicted octanol–water partition coefficient (Wildman–Crippen LogP) is 4.32. The third kappa shape index (κ3) is 1.65. The van der Waals surface area contributed by atoms with Crippen molar-refractivity contribution in [2.75, 3.05) is 0 Å². The number of aromatic hydroxyl groups is 1. The van der Waals surface area contributed by atoms with Crippen LogP contribution in [0.3, 0.4) is 0 Å². The Morgan fingerprint density at radius 1 is 0.889 bits per heavy atom. The number of hydrogen-bond acceptors (Lipinski definition) is 1. The zero-order chi connectivity index (χ0) is 12.9. The first kappa shape index (κ1) is 11.1. The molecule has 0 spiro atoms. The lowest BCUT2D eigenvalue weighted by Crippen LogP contribution is -2.10. The van der Waals surface area contributed by atoms with E-state index in [4.69, 9.17) is 0 Å². The van der Waals surface area contributed by atoms with E-state index in [-0.39, 0.29) is 5.41 Å². The summed E-state index contributed by atoms with van der Waals surface area (Å²) in [4.78, 5) is 3.37. The quantitative estimate of drug-likeness (QED) is 0.602. The molecule has 0 atom stereocenters. The van der Waals surface area contributed by atoms with Crippen molar-refractivity contribution in [1.29, 1.82) is 0 Å². The molecule has 0 bridgehead atoms. The molecule has 2 nitrogen and oxygen atoms in total. The van der Waals surface area contributed by atoms with E-state index in [1.165, 1.54) is 10.9 Å². The molecule has 0 saturated carbocycles. The van der Waals surface area contributed by atoms with Crippen molar-refractivity contribution in [3.8, 4) is 5.75 Å². The summed E-state index contributed by atoms with van der Waals surface area (Å²) in [5, 5.41) is 11.9. The van der Waals surface area contributed by atoms with Crippen LogP contribution in [0.2, 0.25) is 0 Å². The van der Waals surface area contributed by atoms with Crippen LogP contribution in [0.1, 0.15) is 26.3 Å². The van der Waals surface area contributed by atoms with Crippen LogP contribution in [0, 0.1) is 0 Å². The smallest absolute Gasteiger partial charge is 0.117 e. The van der Waals surface area contributed by atoms with Gasteiger partial charge < -0.3 is 10.1 Å². The van der Waals surface area contributed by atoms with E-state index >= 15 is 0 Å². The van der Waals surface area contributed by atoms with Crippen molar-refractivity contribution in [2.45, 2.75) is 26.2 Å². The van der Waals surface area contributed by atoms with Crippen LogP contribution in [-0.2, 0) is 5.41 Å². The van der Waals surface area contributed by atoms with Crippen LogP contribution in [0.15, 0.2) is 36.4 Å². The van der Waals surface area contributed by atoms with Crippen LogP contribution in [0.5, 0.6) is 5.75 Å². The topological polar surface area (TPSA) is 36.0 Å². The lowest BCUT2D eigenvalue weighted by atomic mass is 9.86. The molecule has 0 amide bonds.